The highest BCUT2D eigenvalue weighted by Crippen LogP contribution is 2.40. The van der Waals surface area contributed by atoms with Crippen LogP contribution in [0.3, 0.4) is 0 Å². The van der Waals surface area contributed by atoms with Crippen molar-refractivity contribution < 1.29 is 0 Å². The normalized spacial score (nSPS) is 11.6. The molecule has 0 aliphatic rings. The van der Waals surface area contributed by atoms with Crippen LogP contribution in [0.15, 0.2) is 18.2 Å². The molecular formula is C15H12ClIS. The lowest BCUT2D eigenvalue weighted by atomic mass is 10.1. The Bertz CT molecular complexity index is 786. The first-order valence-electron chi connectivity index (χ1n) is 5.77. The van der Waals surface area contributed by atoms with E-state index in [1.165, 1.54) is 34.9 Å². The molecule has 0 atom stereocenters. The molecule has 0 unspecified atom stereocenters. The molecule has 0 aliphatic carbocycles. The van der Waals surface area contributed by atoms with Crippen LogP contribution in [0.1, 0.15) is 16.7 Å². The minimum atomic E-state index is 0.903. The van der Waals surface area contributed by atoms with Gasteiger partial charge in [-0.3, -0.25) is 0 Å². The van der Waals surface area contributed by atoms with E-state index < -0.39 is 0 Å². The molecule has 0 nitrogen and oxygen atoms in total. The van der Waals surface area contributed by atoms with Crippen LogP contribution in [0.5, 0.6) is 0 Å². The fourth-order valence-electron chi connectivity index (χ4n) is 2.34. The van der Waals surface area contributed by atoms with Crippen LogP contribution in [0.2, 0.25) is 5.02 Å². The average Bonchev–Trinajstić information content (AvgIpc) is 2.66. The molecule has 0 saturated heterocycles. The first-order chi connectivity index (χ1) is 8.49. The van der Waals surface area contributed by atoms with Gasteiger partial charge in [0.1, 0.15) is 0 Å². The zero-order valence-corrected chi connectivity index (χ0v) is 14.1. The molecule has 3 heteroatoms. The van der Waals surface area contributed by atoms with Crippen molar-refractivity contribution in [1.82, 2.24) is 0 Å². The maximum atomic E-state index is 6.35. The van der Waals surface area contributed by atoms with Crippen LogP contribution in [0.25, 0.3) is 20.2 Å². The van der Waals surface area contributed by atoms with Crippen LogP contribution >= 0.6 is 45.5 Å². The molecule has 0 radical (unpaired) electrons. The number of hydrogen-bond donors (Lipinski definition) is 0. The molecule has 0 bridgehead atoms. The van der Waals surface area contributed by atoms with Crippen molar-refractivity contribution in [3.05, 3.63) is 43.5 Å². The molecule has 2 aromatic carbocycles. The summed E-state index contributed by atoms with van der Waals surface area (Å²) >= 11 is 10.6. The number of aryl methyl sites for hydroxylation is 3. The summed E-state index contributed by atoms with van der Waals surface area (Å²) in [5.41, 5.74) is 3.71. The summed E-state index contributed by atoms with van der Waals surface area (Å²) in [6.45, 7) is 6.36. The van der Waals surface area contributed by atoms with Crippen molar-refractivity contribution in [2.75, 3.05) is 0 Å². The molecule has 18 heavy (non-hydrogen) atoms. The molecule has 0 aliphatic heterocycles. The van der Waals surface area contributed by atoms with Crippen LogP contribution in [-0.4, -0.2) is 0 Å². The molecule has 0 spiro atoms. The molecule has 3 aromatic rings. The van der Waals surface area contributed by atoms with E-state index in [1.54, 1.807) is 0 Å². The molecule has 92 valence electrons. The standard InChI is InChI=1S/C15H12ClIS/c1-7-4-10-11-5-8(2)14(16)9(3)15(11)18-13(10)6-12(7)17/h4-6H,1-3H3. The van der Waals surface area contributed by atoms with Crippen molar-refractivity contribution in [3.8, 4) is 0 Å². The Hall–Kier alpha value is -0.320. The topological polar surface area (TPSA) is 0 Å². The van der Waals surface area contributed by atoms with E-state index in [4.69, 9.17) is 11.6 Å². The monoisotopic (exact) mass is 386 g/mol. The first-order valence-corrected chi connectivity index (χ1v) is 8.04. The highest BCUT2D eigenvalue weighted by molar-refractivity contribution is 14.1. The Labute approximate surface area is 129 Å². The van der Waals surface area contributed by atoms with Gasteiger partial charge in [-0.1, -0.05) is 11.6 Å². The number of rotatable bonds is 0. The van der Waals surface area contributed by atoms with Gasteiger partial charge in [-0.15, -0.1) is 11.3 Å². The third-order valence-corrected chi connectivity index (χ3v) is 6.42. The van der Waals surface area contributed by atoms with Gasteiger partial charge in [-0.2, -0.15) is 0 Å². The molecule has 0 N–H and O–H groups in total. The minimum absolute atomic E-state index is 0.903. The Kier molecular flexibility index (Phi) is 3.07. The van der Waals surface area contributed by atoms with Gasteiger partial charge >= 0.3 is 0 Å². The summed E-state index contributed by atoms with van der Waals surface area (Å²) in [6.07, 6.45) is 0. The molecule has 1 heterocycles. The molecule has 0 saturated carbocycles. The maximum absolute atomic E-state index is 6.35. The van der Waals surface area contributed by atoms with Crippen molar-refractivity contribution in [1.29, 1.82) is 0 Å². The van der Waals surface area contributed by atoms with Crippen LogP contribution in [0.4, 0.5) is 0 Å². The van der Waals surface area contributed by atoms with E-state index in [0.29, 0.717) is 0 Å². The fraction of sp³-hybridized carbons (Fsp3) is 0.200. The SMILES string of the molecule is Cc1cc2c(cc1I)sc1c(C)c(Cl)c(C)cc12. The van der Waals surface area contributed by atoms with Gasteiger partial charge in [0.2, 0.25) is 0 Å². The van der Waals surface area contributed by atoms with Crippen molar-refractivity contribution in [3.63, 3.8) is 0 Å². The summed E-state index contributed by atoms with van der Waals surface area (Å²) in [4.78, 5) is 0. The predicted molar refractivity (Wildman–Crippen MR) is 91.3 cm³/mol. The second-order valence-corrected chi connectivity index (χ2v) is 7.30. The predicted octanol–water partition coefficient (Wildman–Crippen LogP) is 6.24. The fourth-order valence-corrected chi connectivity index (χ4v) is 4.44. The molecule has 0 amide bonds. The Morgan fingerprint density at radius 2 is 1.67 bits per heavy atom. The zero-order chi connectivity index (χ0) is 13.0. The smallest absolute Gasteiger partial charge is 0.0478 e. The van der Waals surface area contributed by atoms with E-state index in [9.17, 15) is 0 Å². The third-order valence-electron chi connectivity index (χ3n) is 3.38. The summed E-state index contributed by atoms with van der Waals surface area (Å²) in [5, 5.41) is 3.60. The Morgan fingerprint density at radius 3 is 2.39 bits per heavy atom. The average molecular weight is 387 g/mol. The van der Waals surface area contributed by atoms with Crippen molar-refractivity contribution in [2.24, 2.45) is 0 Å². The van der Waals surface area contributed by atoms with Gasteiger partial charge in [-0.25, -0.2) is 0 Å². The lowest BCUT2D eigenvalue weighted by Gasteiger charge is -2.04. The van der Waals surface area contributed by atoms with Crippen LogP contribution in [0, 0.1) is 24.3 Å². The van der Waals surface area contributed by atoms with E-state index in [-0.39, 0.29) is 0 Å². The minimum Gasteiger partial charge on any atom is -0.135 e. The summed E-state index contributed by atoms with van der Waals surface area (Å²) in [5.74, 6) is 0. The van der Waals surface area contributed by atoms with E-state index >= 15 is 0 Å². The third kappa shape index (κ3) is 1.77. The molecule has 3 rings (SSSR count). The summed E-state index contributed by atoms with van der Waals surface area (Å²) < 4.78 is 4.00. The summed E-state index contributed by atoms with van der Waals surface area (Å²) in [7, 11) is 0. The Balaban J connectivity index is 2.56. The zero-order valence-electron chi connectivity index (χ0n) is 10.4. The second kappa shape index (κ2) is 4.36. The largest absolute Gasteiger partial charge is 0.135 e. The Morgan fingerprint density at radius 1 is 1.00 bits per heavy atom. The highest BCUT2D eigenvalue weighted by Gasteiger charge is 2.12. The number of halogens is 2. The molecule has 0 fully saturated rings. The van der Waals surface area contributed by atoms with Gasteiger partial charge in [-0.05, 0) is 78.3 Å². The lowest BCUT2D eigenvalue weighted by molar-refractivity contribution is 1.44. The quantitative estimate of drug-likeness (QED) is 0.401. The highest BCUT2D eigenvalue weighted by atomic mass is 127. The van der Waals surface area contributed by atoms with Crippen LogP contribution in [-0.2, 0) is 0 Å². The number of hydrogen-bond acceptors (Lipinski definition) is 1. The van der Waals surface area contributed by atoms with Crippen LogP contribution < -0.4 is 0 Å². The van der Waals surface area contributed by atoms with Gasteiger partial charge < -0.3 is 0 Å². The van der Waals surface area contributed by atoms with Gasteiger partial charge in [0.05, 0.1) is 0 Å². The van der Waals surface area contributed by atoms with E-state index in [2.05, 4.69) is 61.6 Å². The van der Waals surface area contributed by atoms with Crippen molar-refractivity contribution >= 4 is 65.7 Å². The van der Waals surface area contributed by atoms with E-state index in [0.717, 1.165) is 10.6 Å². The van der Waals surface area contributed by atoms with Gasteiger partial charge in [0.25, 0.3) is 0 Å². The number of fused-ring (bicyclic) bond motifs is 3. The lowest BCUT2D eigenvalue weighted by Crippen LogP contribution is -1.82. The number of thiophene rings is 1. The molecular weight excluding hydrogens is 375 g/mol. The van der Waals surface area contributed by atoms with Crippen molar-refractivity contribution in [2.45, 2.75) is 20.8 Å². The second-order valence-electron chi connectivity index (χ2n) is 4.71. The van der Waals surface area contributed by atoms with Gasteiger partial charge in [0, 0.05) is 28.8 Å². The number of benzene rings is 2. The maximum Gasteiger partial charge on any atom is 0.0478 e. The van der Waals surface area contributed by atoms with E-state index in [1.807, 2.05) is 11.3 Å². The summed E-state index contributed by atoms with van der Waals surface area (Å²) in [6, 6.07) is 6.79. The molecule has 1 aromatic heterocycles. The van der Waals surface area contributed by atoms with Gasteiger partial charge in [0.15, 0.2) is 0 Å². The first kappa shape index (κ1) is 12.7.